The third-order valence-electron chi connectivity index (χ3n) is 7.02. The highest BCUT2D eigenvalue weighted by molar-refractivity contribution is 6.07. The van der Waals surface area contributed by atoms with Crippen molar-refractivity contribution in [2.75, 3.05) is 19.6 Å². The van der Waals surface area contributed by atoms with E-state index < -0.39 is 0 Å². The highest BCUT2D eigenvalue weighted by Crippen LogP contribution is 2.29. The first-order chi connectivity index (χ1) is 17.4. The van der Waals surface area contributed by atoms with E-state index >= 15 is 0 Å². The van der Waals surface area contributed by atoms with Gasteiger partial charge in [0.15, 0.2) is 0 Å². The van der Waals surface area contributed by atoms with Crippen LogP contribution >= 0.6 is 0 Å². The summed E-state index contributed by atoms with van der Waals surface area (Å²) in [6.07, 6.45) is 4.99. The standard InChI is InChI=1S/C29H31N5O2/c1-19-8-9-23(20(2)14-19)27-15-25(24-6-4-5-7-26(24)32-27)29(36)34-12-10-21(11-13-34)16-30-28(35)22-17-31-33(3)18-22/h4-9,14-15,17-18,21H,10-13,16H2,1-3H3,(H,30,35). The van der Waals surface area contributed by atoms with Gasteiger partial charge in [-0.2, -0.15) is 5.10 Å². The molecular formula is C29H31N5O2. The van der Waals surface area contributed by atoms with Crippen molar-refractivity contribution in [1.82, 2.24) is 25.0 Å². The number of carbonyl (C=O) groups excluding carboxylic acids is 2. The van der Waals surface area contributed by atoms with Crippen molar-refractivity contribution in [2.45, 2.75) is 26.7 Å². The molecule has 1 N–H and O–H groups in total. The molecule has 5 rings (SSSR count). The Morgan fingerprint density at radius 2 is 1.83 bits per heavy atom. The van der Waals surface area contributed by atoms with Crippen LogP contribution in [0.1, 0.15) is 44.7 Å². The van der Waals surface area contributed by atoms with E-state index in [1.165, 1.54) is 5.56 Å². The lowest BCUT2D eigenvalue weighted by molar-refractivity contribution is 0.0686. The van der Waals surface area contributed by atoms with Gasteiger partial charge in [0.25, 0.3) is 11.8 Å². The molecule has 0 bridgehead atoms. The van der Waals surface area contributed by atoms with Crippen molar-refractivity contribution in [1.29, 1.82) is 0 Å². The van der Waals surface area contributed by atoms with E-state index in [1.807, 2.05) is 35.2 Å². The van der Waals surface area contributed by atoms with Crippen LogP contribution in [0.3, 0.4) is 0 Å². The van der Waals surface area contributed by atoms with Crippen LogP contribution in [0.5, 0.6) is 0 Å². The molecule has 184 valence electrons. The summed E-state index contributed by atoms with van der Waals surface area (Å²) in [6, 6.07) is 16.1. The van der Waals surface area contributed by atoms with Crippen molar-refractivity contribution in [3.63, 3.8) is 0 Å². The van der Waals surface area contributed by atoms with Gasteiger partial charge in [0.1, 0.15) is 0 Å². The first-order valence-corrected chi connectivity index (χ1v) is 12.4. The number of nitrogens with zero attached hydrogens (tertiary/aromatic N) is 4. The Balaban J connectivity index is 1.31. The van der Waals surface area contributed by atoms with Gasteiger partial charge < -0.3 is 10.2 Å². The fourth-order valence-corrected chi connectivity index (χ4v) is 4.98. The number of hydrogen-bond donors (Lipinski definition) is 1. The number of hydrogen-bond acceptors (Lipinski definition) is 4. The normalized spacial score (nSPS) is 14.2. The molecule has 2 aromatic carbocycles. The third-order valence-corrected chi connectivity index (χ3v) is 7.02. The summed E-state index contributed by atoms with van der Waals surface area (Å²) < 4.78 is 1.62. The molecule has 1 saturated heterocycles. The second-order valence-corrected chi connectivity index (χ2v) is 9.74. The minimum atomic E-state index is -0.108. The molecule has 7 heteroatoms. The molecule has 2 amide bonds. The molecule has 0 saturated carbocycles. The van der Waals surface area contributed by atoms with Crippen LogP contribution in [-0.2, 0) is 7.05 Å². The molecule has 0 aliphatic carbocycles. The fourth-order valence-electron chi connectivity index (χ4n) is 4.98. The van der Waals surface area contributed by atoms with Crippen molar-refractivity contribution < 1.29 is 9.59 Å². The lowest BCUT2D eigenvalue weighted by Gasteiger charge is -2.32. The molecule has 0 atom stereocenters. The van der Waals surface area contributed by atoms with Crippen LogP contribution in [0.25, 0.3) is 22.2 Å². The molecular weight excluding hydrogens is 450 g/mol. The topological polar surface area (TPSA) is 80.1 Å². The number of piperidine rings is 1. The van der Waals surface area contributed by atoms with Crippen molar-refractivity contribution in [2.24, 2.45) is 13.0 Å². The summed E-state index contributed by atoms with van der Waals surface area (Å²) in [7, 11) is 1.79. The maximum absolute atomic E-state index is 13.7. The van der Waals surface area contributed by atoms with Crippen LogP contribution in [-0.4, -0.2) is 51.1 Å². The summed E-state index contributed by atoms with van der Waals surface area (Å²) in [5, 5.41) is 7.94. The average molecular weight is 482 g/mol. The average Bonchev–Trinajstić information content (AvgIpc) is 3.33. The summed E-state index contributed by atoms with van der Waals surface area (Å²) in [5.74, 6) is 0.274. The molecule has 7 nitrogen and oxygen atoms in total. The Hall–Kier alpha value is -4.00. The van der Waals surface area contributed by atoms with E-state index in [2.05, 4.69) is 42.5 Å². The zero-order valence-electron chi connectivity index (χ0n) is 21.0. The minimum Gasteiger partial charge on any atom is -0.352 e. The monoisotopic (exact) mass is 481 g/mol. The molecule has 0 radical (unpaired) electrons. The molecule has 0 spiro atoms. The number of benzene rings is 2. The van der Waals surface area contributed by atoms with E-state index in [-0.39, 0.29) is 11.8 Å². The second-order valence-electron chi connectivity index (χ2n) is 9.74. The number of aryl methyl sites for hydroxylation is 3. The maximum Gasteiger partial charge on any atom is 0.254 e. The molecule has 36 heavy (non-hydrogen) atoms. The summed E-state index contributed by atoms with van der Waals surface area (Å²) >= 11 is 0. The largest absolute Gasteiger partial charge is 0.352 e. The molecule has 1 aliphatic heterocycles. The first kappa shape index (κ1) is 23.7. The number of rotatable bonds is 5. The van der Waals surface area contributed by atoms with E-state index in [0.717, 1.165) is 40.6 Å². The summed E-state index contributed by atoms with van der Waals surface area (Å²) in [6.45, 7) is 6.10. The minimum absolute atomic E-state index is 0.0393. The van der Waals surface area contributed by atoms with Crippen molar-refractivity contribution in [3.05, 3.63) is 83.2 Å². The number of amides is 2. The van der Waals surface area contributed by atoms with E-state index in [4.69, 9.17) is 4.98 Å². The zero-order chi connectivity index (χ0) is 25.2. The second kappa shape index (κ2) is 9.93. The van der Waals surface area contributed by atoms with E-state index in [0.29, 0.717) is 36.7 Å². The number of aromatic nitrogens is 3. The van der Waals surface area contributed by atoms with Gasteiger partial charge in [-0.25, -0.2) is 4.98 Å². The number of para-hydroxylation sites is 1. The number of carbonyl (C=O) groups is 2. The highest BCUT2D eigenvalue weighted by Gasteiger charge is 2.26. The van der Waals surface area contributed by atoms with Gasteiger partial charge in [0, 0.05) is 43.8 Å². The Morgan fingerprint density at radius 3 is 2.56 bits per heavy atom. The predicted molar refractivity (Wildman–Crippen MR) is 141 cm³/mol. The van der Waals surface area contributed by atoms with Gasteiger partial charge in [-0.3, -0.25) is 14.3 Å². The molecule has 3 heterocycles. The van der Waals surface area contributed by atoms with Crippen LogP contribution in [0, 0.1) is 19.8 Å². The van der Waals surface area contributed by atoms with Gasteiger partial charge in [0.05, 0.1) is 28.5 Å². The summed E-state index contributed by atoms with van der Waals surface area (Å²) in [4.78, 5) is 32.9. The highest BCUT2D eigenvalue weighted by atomic mass is 16.2. The predicted octanol–water partition coefficient (Wildman–Crippen LogP) is 4.53. The SMILES string of the molecule is Cc1ccc(-c2cc(C(=O)N3CCC(CNC(=O)c4cnn(C)c4)CC3)c3ccccc3n2)c(C)c1. The number of fused-ring (bicyclic) bond motifs is 1. The zero-order valence-corrected chi connectivity index (χ0v) is 21.0. The van der Waals surface area contributed by atoms with Crippen LogP contribution in [0.15, 0.2) is 60.9 Å². The van der Waals surface area contributed by atoms with Crippen molar-refractivity contribution >= 4 is 22.7 Å². The number of pyridine rings is 1. The third kappa shape index (κ3) is 4.87. The number of nitrogens with one attached hydrogen (secondary N) is 1. The van der Waals surface area contributed by atoms with Crippen LogP contribution in [0.4, 0.5) is 0 Å². The van der Waals surface area contributed by atoms with E-state index in [9.17, 15) is 9.59 Å². The van der Waals surface area contributed by atoms with Gasteiger partial charge in [-0.1, -0.05) is 42.0 Å². The Bertz CT molecular complexity index is 1430. The molecule has 0 unspecified atom stereocenters. The molecule has 1 fully saturated rings. The fraction of sp³-hybridized carbons (Fsp3) is 0.310. The Labute approximate surface area is 211 Å². The van der Waals surface area contributed by atoms with Gasteiger partial charge >= 0.3 is 0 Å². The van der Waals surface area contributed by atoms with Gasteiger partial charge in [-0.05, 0) is 50.3 Å². The van der Waals surface area contributed by atoms with Crippen LogP contribution in [0.2, 0.25) is 0 Å². The lowest BCUT2D eigenvalue weighted by atomic mass is 9.95. The molecule has 1 aliphatic rings. The van der Waals surface area contributed by atoms with Crippen molar-refractivity contribution in [3.8, 4) is 11.3 Å². The maximum atomic E-state index is 13.7. The smallest absolute Gasteiger partial charge is 0.254 e. The molecule has 4 aromatic rings. The Kier molecular flexibility index (Phi) is 6.55. The first-order valence-electron chi connectivity index (χ1n) is 12.4. The Morgan fingerprint density at radius 1 is 1.06 bits per heavy atom. The summed E-state index contributed by atoms with van der Waals surface area (Å²) in [5.41, 5.74) is 6.30. The number of likely N-dealkylation sites (tertiary alicyclic amines) is 1. The van der Waals surface area contributed by atoms with Gasteiger partial charge in [-0.15, -0.1) is 0 Å². The van der Waals surface area contributed by atoms with E-state index in [1.54, 1.807) is 24.1 Å². The lowest BCUT2D eigenvalue weighted by Crippen LogP contribution is -2.41. The van der Waals surface area contributed by atoms with Crippen LogP contribution < -0.4 is 5.32 Å². The molecule has 2 aromatic heterocycles. The quantitative estimate of drug-likeness (QED) is 0.454. The van der Waals surface area contributed by atoms with Gasteiger partial charge in [0.2, 0.25) is 0 Å².